The Balaban J connectivity index is 2.18. The van der Waals surface area contributed by atoms with Crippen LogP contribution in [0.3, 0.4) is 0 Å². The minimum atomic E-state index is 0.196. The van der Waals surface area contributed by atoms with Crippen LogP contribution in [0.25, 0.3) is 0 Å². The van der Waals surface area contributed by atoms with Gasteiger partial charge in [0.2, 0.25) is 0 Å². The van der Waals surface area contributed by atoms with Crippen LogP contribution in [-0.2, 0) is 0 Å². The fraction of sp³-hybridized carbons (Fsp3) is 0.333. The van der Waals surface area contributed by atoms with E-state index in [1.54, 1.807) is 0 Å². The molecule has 2 nitrogen and oxygen atoms in total. The highest BCUT2D eigenvalue weighted by Gasteiger charge is 2.12. The summed E-state index contributed by atoms with van der Waals surface area (Å²) in [7, 11) is 0. The molecule has 18 heavy (non-hydrogen) atoms. The average molecular weight is 264 g/mol. The summed E-state index contributed by atoms with van der Waals surface area (Å²) in [6.45, 7) is 8.07. The Morgan fingerprint density at radius 2 is 1.89 bits per heavy atom. The summed E-state index contributed by atoms with van der Waals surface area (Å²) < 4.78 is 5.55. The predicted molar refractivity (Wildman–Crippen MR) is 76.4 cm³/mol. The third kappa shape index (κ3) is 2.70. The molecule has 0 aliphatic rings. The first-order valence-corrected chi connectivity index (χ1v) is 6.45. The predicted octanol–water partition coefficient (Wildman–Crippen LogP) is 5.03. The summed E-state index contributed by atoms with van der Waals surface area (Å²) in [5, 5.41) is 4.22. The first kappa shape index (κ1) is 13.0. The van der Waals surface area contributed by atoms with Crippen molar-refractivity contribution in [3.05, 3.63) is 51.9 Å². The molecule has 1 N–H and O–H groups in total. The summed E-state index contributed by atoms with van der Waals surface area (Å²) >= 11 is 6.12. The summed E-state index contributed by atoms with van der Waals surface area (Å²) in [5.41, 5.74) is 3.30. The van der Waals surface area contributed by atoms with Gasteiger partial charge in [0.1, 0.15) is 11.5 Å². The van der Waals surface area contributed by atoms with E-state index in [-0.39, 0.29) is 6.04 Å². The van der Waals surface area contributed by atoms with Crippen molar-refractivity contribution in [3.8, 4) is 0 Å². The molecule has 2 aromatic rings. The molecular formula is C15H18ClNO. The molecular weight excluding hydrogens is 246 g/mol. The van der Waals surface area contributed by atoms with Crippen molar-refractivity contribution in [2.75, 3.05) is 5.32 Å². The number of benzene rings is 1. The molecule has 0 bridgehead atoms. The zero-order valence-electron chi connectivity index (χ0n) is 11.2. The minimum absolute atomic E-state index is 0.196. The van der Waals surface area contributed by atoms with E-state index in [2.05, 4.69) is 18.3 Å². The number of anilines is 1. The van der Waals surface area contributed by atoms with E-state index in [0.29, 0.717) is 0 Å². The lowest BCUT2D eigenvalue weighted by molar-refractivity contribution is 0.500. The number of rotatable bonds is 3. The van der Waals surface area contributed by atoms with Crippen molar-refractivity contribution in [2.24, 2.45) is 0 Å². The molecule has 0 fully saturated rings. The highest BCUT2D eigenvalue weighted by molar-refractivity contribution is 6.31. The standard InChI is InChI=1S/C15H18ClNO/c1-9-5-6-13(8-15(9)16)17-11(3)14-7-10(2)18-12(14)4/h5-8,11,17H,1-4H3. The van der Waals surface area contributed by atoms with E-state index in [0.717, 1.165) is 27.8 Å². The zero-order valence-corrected chi connectivity index (χ0v) is 11.9. The van der Waals surface area contributed by atoms with Crippen molar-refractivity contribution in [1.29, 1.82) is 0 Å². The maximum Gasteiger partial charge on any atom is 0.106 e. The Labute approximate surface area is 113 Å². The van der Waals surface area contributed by atoms with Gasteiger partial charge in [0.05, 0.1) is 6.04 Å². The highest BCUT2D eigenvalue weighted by atomic mass is 35.5. The molecule has 0 aliphatic heterocycles. The molecule has 0 amide bonds. The number of nitrogens with one attached hydrogen (secondary N) is 1. The number of hydrogen-bond acceptors (Lipinski definition) is 2. The fourth-order valence-electron chi connectivity index (χ4n) is 2.09. The molecule has 1 unspecified atom stereocenters. The Hall–Kier alpha value is -1.41. The number of halogens is 1. The lowest BCUT2D eigenvalue weighted by Gasteiger charge is -2.15. The van der Waals surface area contributed by atoms with Crippen LogP contribution in [0.5, 0.6) is 0 Å². The van der Waals surface area contributed by atoms with Gasteiger partial charge >= 0.3 is 0 Å². The zero-order chi connectivity index (χ0) is 13.3. The van der Waals surface area contributed by atoms with E-state index in [9.17, 15) is 0 Å². The summed E-state index contributed by atoms with van der Waals surface area (Å²) in [6, 6.07) is 8.28. The van der Waals surface area contributed by atoms with Gasteiger partial charge in [0.15, 0.2) is 0 Å². The molecule has 0 saturated carbocycles. The fourth-order valence-corrected chi connectivity index (χ4v) is 2.27. The minimum Gasteiger partial charge on any atom is -0.466 e. The van der Waals surface area contributed by atoms with Crippen LogP contribution >= 0.6 is 11.6 Å². The van der Waals surface area contributed by atoms with Gasteiger partial charge in [-0.15, -0.1) is 0 Å². The lowest BCUT2D eigenvalue weighted by Crippen LogP contribution is -2.06. The van der Waals surface area contributed by atoms with Crippen LogP contribution in [0.1, 0.15) is 35.6 Å². The van der Waals surface area contributed by atoms with E-state index in [1.165, 1.54) is 5.56 Å². The molecule has 0 saturated heterocycles. The maximum absolute atomic E-state index is 6.12. The number of furan rings is 1. The molecule has 0 spiro atoms. The van der Waals surface area contributed by atoms with Crippen molar-refractivity contribution in [1.82, 2.24) is 0 Å². The van der Waals surface area contributed by atoms with Gasteiger partial charge in [-0.05, 0) is 51.5 Å². The number of hydrogen-bond donors (Lipinski definition) is 1. The van der Waals surface area contributed by atoms with Crippen molar-refractivity contribution in [2.45, 2.75) is 33.7 Å². The van der Waals surface area contributed by atoms with Crippen LogP contribution in [0.15, 0.2) is 28.7 Å². The van der Waals surface area contributed by atoms with Crippen LogP contribution in [-0.4, -0.2) is 0 Å². The average Bonchev–Trinajstić information content (AvgIpc) is 2.63. The van der Waals surface area contributed by atoms with Crippen LogP contribution in [0.4, 0.5) is 5.69 Å². The molecule has 0 aliphatic carbocycles. The first-order chi connectivity index (χ1) is 8.47. The Morgan fingerprint density at radius 1 is 1.17 bits per heavy atom. The SMILES string of the molecule is Cc1cc(C(C)Nc2ccc(C)c(Cl)c2)c(C)o1. The first-order valence-electron chi connectivity index (χ1n) is 6.07. The van der Waals surface area contributed by atoms with E-state index >= 15 is 0 Å². The van der Waals surface area contributed by atoms with E-state index in [4.69, 9.17) is 16.0 Å². The van der Waals surface area contributed by atoms with Gasteiger partial charge in [-0.3, -0.25) is 0 Å². The molecule has 0 radical (unpaired) electrons. The smallest absolute Gasteiger partial charge is 0.106 e. The second-order valence-corrected chi connectivity index (χ2v) is 5.11. The van der Waals surface area contributed by atoms with Crippen LogP contribution < -0.4 is 5.32 Å². The molecule has 2 rings (SSSR count). The monoisotopic (exact) mass is 263 g/mol. The molecule has 96 valence electrons. The molecule has 1 heterocycles. The second kappa shape index (κ2) is 5.07. The maximum atomic E-state index is 6.12. The van der Waals surface area contributed by atoms with Gasteiger partial charge in [-0.1, -0.05) is 17.7 Å². The number of aryl methyl sites for hydroxylation is 3. The van der Waals surface area contributed by atoms with Crippen LogP contribution in [0.2, 0.25) is 5.02 Å². The Morgan fingerprint density at radius 3 is 2.44 bits per heavy atom. The van der Waals surface area contributed by atoms with Crippen molar-refractivity contribution >= 4 is 17.3 Å². The lowest BCUT2D eigenvalue weighted by atomic mass is 10.1. The third-order valence-corrected chi connectivity index (χ3v) is 3.51. The summed E-state index contributed by atoms with van der Waals surface area (Å²) in [4.78, 5) is 0. The normalized spacial score (nSPS) is 12.5. The molecule has 1 aromatic carbocycles. The quantitative estimate of drug-likeness (QED) is 0.840. The van der Waals surface area contributed by atoms with Gasteiger partial charge in [0.25, 0.3) is 0 Å². The van der Waals surface area contributed by atoms with Crippen molar-refractivity contribution in [3.63, 3.8) is 0 Å². The van der Waals surface area contributed by atoms with Crippen LogP contribution in [0, 0.1) is 20.8 Å². The topological polar surface area (TPSA) is 25.2 Å². The molecule has 1 aromatic heterocycles. The van der Waals surface area contributed by atoms with Gasteiger partial charge in [-0.2, -0.15) is 0 Å². The highest BCUT2D eigenvalue weighted by Crippen LogP contribution is 2.27. The Bertz CT molecular complexity index is 560. The Kier molecular flexibility index (Phi) is 3.67. The molecule has 1 atom stereocenters. The largest absolute Gasteiger partial charge is 0.466 e. The van der Waals surface area contributed by atoms with Gasteiger partial charge in [-0.25, -0.2) is 0 Å². The molecule has 3 heteroatoms. The van der Waals surface area contributed by atoms with Gasteiger partial charge < -0.3 is 9.73 Å². The second-order valence-electron chi connectivity index (χ2n) is 4.70. The summed E-state index contributed by atoms with van der Waals surface area (Å²) in [5.74, 6) is 1.91. The summed E-state index contributed by atoms with van der Waals surface area (Å²) in [6.07, 6.45) is 0. The van der Waals surface area contributed by atoms with E-state index in [1.807, 2.05) is 39.0 Å². The van der Waals surface area contributed by atoms with Crippen molar-refractivity contribution < 1.29 is 4.42 Å². The third-order valence-electron chi connectivity index (χ3n) is 3.10. The van der Waals surface area contributed by atoms with E-state index < -0.39 is 0 Å². The van der Waals surface area contributed by atoms with Gasteiger partial charge in [0, 0.05) is 16.3 Å².